The van der Waals surface area contributed by atoms with Crippen LogP contribution in [0.4, 0.5) is 11.4 Å². The molecule has 1 atom stereocenters. The first kappa shape index (κ1) is 35.0. The third kappa shape index (κ3) is 6.98. The second-order valence-corrected chi connectivity index (χ2v) is 15.2. The number of rotatable bonds is 14. The molecule has 0 bridgehead atoms. The zero-order valence-electron chi connectivity index (χ0n) is 27.2. The molecule has 252 valence electrons. The van der Waals surface area contributed by atoms with Crippen LogP contribution in [-0.2, 0) is 35.1 Å². The first-order valence-electron chi connectivity index (χ1n) is 15.5. The van der Waals surface area contributed by atoms with Gasteiger partial charge < -0.3 is 14.9 Å². The van der Waals surface area contributed by atoms with Crippen molar-refractivity contribution in [2.45, 2.75) is 73.6 Å². The zero-order chi connectivity index (χ0) is 34.1. The number of unbranched alkanes of at least 4 members (excludes halogenated alkanes) is 1. The summed E-state index contributed by atoms with van der Waals surface area (Å²) >= 11 is 0.922. The maximum Gasteiger partial charge on any atom is 0.294 e. The molecule has 0 radical (unpaired) electrons. The van der Waals surface area contributed by atoms with Crippen molar-refractivity contribution in [3.8, 4) is 0 Å². The highest BCUT2D eigenvalue weighted by Gasteiger charge is 2.45. The topological polar surface area (TPSA) is 140 Å². The molecule has 2 aromatic rings. The summed E-state index contributed by atoms with van der Waals surface area (Å²) in [6, 6.07) is 10.6. The van der Waals surface area contributed by atoms with Crippen molar-refractivity contribution >= 4 is 45.2 Å². The van der Waals surface area contributed by atoms with Gasteiger partial charge in [0.15, 0.2) is 5.71 Å². The van der Waals surface area contributed by atoms with Crippen molar-refractivity contribution in [2.75, 3.05) is 31.6 Å². The second kappa shape index (κ2) is 13.7. The van der Waals surface area contributed by atoms with E-state index in [9.17, 15) is 17.8 Å². The molecule has 5 rings (SSSR count). The van der Waals surface area contributed by atoms with Gasteiger partial charge in [0.25, 0.3) is 10.1 Å². The summed E-state index contributed by atoms with van der Waals surface area (Å²) in [5, 5.41) is 21.4. The molecule has 0 spiro atoms. The molecule has 2 aromatic carbocycles. The van der Waals surface area contributed by atoms with Crippen molar-refractivity contribution < 1.29 is 42.1 Å². The van der Waals surface area contributed by atoms with E-state index in [4.69, 9.17) is 10.4 Å². The van der Waals surface area contributed by atoms with Crippen LogP contribution in [0.15, 0.2) is 82.3 Å². The fourth-order valence-corrected chi connectivity index (χ4v) is 7.77. The minimum absolute atomic E-state index is 0.0471. The zero-order valence-corrected chi connectivity index (χ0v) is 28.8. The van der Waals surface area contributed by atoms with E-state index in [1.807, 2.05) is 49.6 Å². The molecular formula is C34H42N3O8S2+. The highest BCUT2D eigenvalue weighted by Crippen LogP contribution is 2.48. The lowest BCUT2D eigenvalue weighted by Crippen LogP contribution is -2.27. The number of hydrogen-bond donors (Lipinski definition) is 3. The third-order valence-electron chi connectivity index (χ3n) is 9.39. The van der Waals surface area contributed by atoms with Crippen LogP contribution < -0.4 is 4.90 Å². The number of carbonyl (C=O) groups is 1. The molecule has 1 amide bonds. The van der Waals surface area contributed by atoms with Crippen LogP contribution in [0.3, 0.4) is 0 Å². The number of aliphatic hydroxyl groups excluding tert-OH is 1. The van der Waals surface area contributed by atoms with Crippen molar-refractivity contribution in [1.29, 1.82) is 0 Å². The molecule has 1 unspecified atom stereocenters. The number of hydrogen-bond acceptors (Lipinski definition) is 9. The Kier molecular flexibility index (Phi) is 10.2. The highest BCUT2D eigenvalue weighted by atomic mass is 32.2. The molecule has 3 heterocycles. The molecule has 3 N–H and O–H groups in total. The van der Waals surface area contributed by atoms with Gasteiger partial charge in [-0.2, -0.15) is 13.0 Å². The van der Waals surface area contributed by atoms with Gasteiger partial charge in [0.2, 0.25) is 11.6 Å². The Morgan fingerprint density at radius 3 is 2.45 bits per heavy atom. The lowest BCUT2D eigenvalue weighted by atomic mass is 9.81. The quantitative estimate of drug-likeness (QED) is 0.0340. The van der Waals surface area contributed by atoms with Crippen LogP contribution in [0.5, 0.6) is 0 Å². The number of allylic oxidation sites excluding steroid dienone is 6. The third-order valence-corrected chi connectivity index (χ3v) is 10.8. The minimum Gasteiger partial charge on any atom is -0.395 e. The van der Waals surface area contributed by atoms with Crippen LogP contribution in [0, 0.1) is 0 Å². The van der Waals surface area contributed by atoms with Crippen molar-refractivity contribution in [3.05, 3.63) is 83.6 Å². The fourth-order valence-electron chi connectivity index (χ4n) is 6.88. The number of amides is 1. The number of nitrogens with zero attached hydrogens (tertiary/aromatic N) is 3. The van der Waals surface area contributed by atoms with Crippen LogP contribution in [0.1, 0.15) is 58.1 Å². The van der Waals surface area contributed by atoms with Crippen LogP contribution in [-0.4, -0.2) is 77.2 Å². The molecule has 0 aliphatic carbocycles. The SMILES string of the molecule is C[N+]1=C(C=CC=CC=C2N(CCCCC3C(=O)N3CCO)c3cc(S(=O)(=O)O)ccc3C2(C)C)C(C)(C)c2ccc(SOOO)cc21. The Labute approximate surface area is 280 Å². The molecular weight excluding hydrogens is 643 g/mol. The summed E-state index contributed by atoms with van der Waals surface area (Å²) < 4.78 is 40.5. The van der Waals surface area contributed by atoms with Crippen LogP contribution >= 0.6 is 12.0 Å². The molecule has 1 saturated heterocycles. The van der Waals surface area contributed by atoms with Crippen molar-refractivity contribution in [2.24, 2.45) is 0 Å². The number of β-amino-alcohol motifs (C(OH)–C–C–N with tert-alkyl or cyclic N) is 1. The lowest BCUT2D eigenvalue weighted by Gasteiger charge is -2.27. The average molecular weight is 685 g/mol. The van der Waals surface area contributed by atoms with E-state index in [2.05, 4.69) is 52.6 Å². The Bertz CT molecular complexity index is 1780. The first-order valence-corrected chi connectivity index (χ1v) is 17.7. The van der Waals surface area contributed by atoms with Gasteiger partial charge in [-0.15, -0.1) is 4.33 Å². The molecule has 0 saturated carbocycles. The molecule has 47 heavy (non-hydrogen) atoms. The smallest absolute Gasteiger partial charge is 0.294 e. The molecule has 1 fully saturated rings. The highest BCUT2D eigenvalue weighted by molar-refractivity contribution is 7.94. The molecule has 13 heteroatoms. The monoisotopic (exact) mass is 684 g/mol. The van der Waals surface area contributed by atoms with Crippen molar-refractivity contribution in [1.82, 2.24) is 4.90 Å². The van der Waals surface area contributed by atoms with Gasteiger partial charge >= 0.3 is 0 Å². The molecule has 11 nitrogen and oxygen atoms in total. The normalized spacial score (nSPS) is 20.7. The second-order valence-electron chi connectivity index (χ2n) is 13.0. The van der Waals surface area contributed by atoms with Gasteiger partial charge in [0.1, 0.15) is 13.1 Å². The molecule has 3 aliphatic rings. The largest absolute Gasteiger partial charge is 0.395 e. The van der Waals surface area contributed by atoms with Crippen LogP contribution in [0.25, 0.3) is 0 Å². The first-order chi connectivity index (χ1) is 22.2. The standard InChI is InChI=1S/C34H41N3O8S2/c1-33(2)25-16-14-23(46-45-44-40)21-28(25)35(5)30(33)12-7-6-8-13-31-34(3,4)26-17-15-24(47(41,42)43)22-29(26)36(31)18-10-9-11-27-32(39)37(27)19-20-38/h6-8,12-17,21-22,27,38H,9-11,18-20H2,1-5H3,(H-,40,41,42,43)/p+1. The summed E-state index contributed by atoms with van der Waals surface area (Å²) in [4.78, 5) is 16.4. The Morgan fingerprint density at radius 1 is 1.00 bits per heavy atom. The Balaban J connectivity index is 1.36. The number of aliphatic hydroxyl groups is 1. The molecule has 3 aliphatic heterocycles. The predicted octanol–water partition coefficient (Wildman–Crippen LogP) is 5.54. The fraction of sp³-hybridized carbons (Fsp3) is 0.412. The van der Waals surface area contributed by atoms with Gasteiger partial charge in [0, 0.05) is 52.5 Å². The van der Waals surface area contributed by atoms with E-state index in [0.29, 0.717) is 19.5 Å². The summed E-state index contributed by atoms with van der Waals surface area (Å²) in [6.45, 7) is 9.44. The van der Waals surface area contributed by atoms with E-state index in [-0.39, 0.29) is 28.9 Å². The summed E-state index contributed by atoms with van der Waals surface area (Å²) in [6.07, 6.45) is 12.3. The maximum absolute atomic E-state index is 12.0. The number of carbonyl (C=O) groups excluding carboxylic acids is 1. The minimum atomic E-state index is -4.38. The van der Waals surface area contributed by atoms with Crippen LogP contribution in [0.2, 0.25) is 0 Å². The van der Waals surface area contributed by atoms with Gasteiger partial charge in [-0.05, 0) is 62.9 Å². The number of benzene rings is 2. The summed E-state index contributed by atoms with van der Waals surface area (Å²) in [5.41, 5.74) is 5.31. The van der Waals surface area contributed by atoms with E-state index in [0.717, 1.165) is 63.7 Å². The van der Waals surface area contributed by atoms with Crippen molar-refractivity contribution in [3.63, 3.8) is 0 Å². The Morgan fingerprint density at radius 2 is 1.74 bits per heavy atom. The lowest BCUT2D eigenvalue weighted by molar-refractivity contribution is -0.432. The number of fused-ring (bicyclic) bond motifs is 2. The predicted molar refractivity (Wildman–Crippen MR) is 180 cm³/mol. The van der Waals surface area contributed by atoms with Gasteiger partial charge in [-0.1, -0.05) is 49.2 Å². The van der Waals surface area contributed by atoms with E-state index in [1.165, 1.54) is 12.1 Å². The average Bonchev–Trinajstić information content (AvgIpc) is 3.50. The maximum atomic E-state index is 12.0. The Hall–Kier alpha value is -3.30. The van der Waals surface area contributed by atoms with Gasteiger partial charge in [-0.25, -0.2) is 5.26 Å². The van der Waals surface area contributed by atoms with E-state index in [1.54, 1.807) is 11.0 Å². The summed E-state index contributed by atoms with van der Waals surface area (Å²) in [7, 11) is -2.37. The van der Waals surface area contributed by atoms with E-state index >= 15 is 0 Å². The summed E-state index contributed by atoms with van der Waals surface area (Å²) in [5.74, 6) is 0.0732. The van der Waals surface area contributed by atoms with Gasteiger partial charge in [0.05, 0.1) is 29.0 Å². The van der Waals surface area contributed by atoms with E-state index < -0.39 is 15.5 Å². The van der Waals surface area contributed by atoms with Gasteiger partial charge in [-0.3, -0.25) is 9.35 Å². The number of anilines is 1. The molecule has 0 aromatic heterocycles.